The third-order valence-electron chi connectivity index (χ3n) is 2.46. The molecule has 1 aromatic rings. The van der Waals surface area contributed by atoms with E-state index in [1.54, 1.807) is 0 Å². The Balaban J connectivity index is 2.48. The van der Waals surface area contributed by atoms with Crippen molar-refractivity contribution in [2.45, 2.75) is 12.5 Å². The van der Waals surface area contributed by atoms with Crippen molar-refractivity contribution in [3.05, 3.63) is 29.8 Å². The van der Waals surface area contributed by atoms with E-state index in [4.69, 9.17) is 16.3 Å². The van der Waals surface area contributed by atoms with Gasteiger partial charge in [0, 0.05) is 6.54 Å². The van der Waals surface area contributed by atoms with Gasteiger partial charge in [-0.1, -0.05) is 12.1 Å². The van der Waals surface area contributed by atoms with E-state index < -0.39 is 6.10 Å². The molecule has 17 heavy (non-hydrogen) atoms. The zero-order chi connectivity index (χ0) is 12.7. The van der Waals surface area contributed by atoms with Crippen molar-refractivity contribution in [2.75, 3.05) is 33.1 Å². The first-order chi connectivity index (χ1) is 8.13. The Labute approximate surface area is 108 Å². The standard InChI is InChI=1S/C13H20ClNO2/c1-15(2)9-7-13(16)11-3-5-12(6-4-11)17-10-8-14/h3-6,13,16H,7-10H2,1-2H3. The SMILES string of the molecule is CN(C)CCC(O)c1ccc(OCCCl)cc1. The van der Waals surface area contributed by atoms with Crippen LogP contribution in [0.2, 0.25) is 0 Å². The Bertz CT molecular complexity index is 314. The number of rotatable bonds is 7. The van der Waals surface area contributed by atoms with Crippen LogP contribution in [0.25, 0.3) is 0 Å². The second-order valence-electron chi connectivity index (χ2n) is 4.21. The van der Waals surface area contributed by atoms with Gasteiger partial charge in [0.2, 0.25) is 0 Å². The van der Waals surface area contributed by atoms with Crippen LogP contribution in [0.4, 0.5) is 0 Å². The van der Waals surface area contributed by atoms with Crippen LogP contribution in [0.3, 0.4) is 0 Å². The third-order valence-corrected chi connectivity index (χ3v) is 2.61. The second-order valence-corrected chi connectivity index (χ2v) is 4.59. The van der Waals surface area contributed by atoms with Crippen LogP contribution in [0, 0.1) is 0 Å². The van der Waals surface area contributed by atoms with Gasteiger partial charge >= 0.3 is 0 Å². The van der Waals surface area contributed by atoms with E-state index in [2.05, 4.69) is 4.90 Å². The van der Waals surface area contributed by atoms with Gasteiger partial charge in [0.15, 0.2) is 0 Å². The number of aliphatic hydroxyl groups is 1. The zero-order valence-electron chi connectivity index (χ0n) is 10.4. The van der Waals surface area contributed by atoms with E-state index in [1.165, 1.54) is 0 Å². The van der Waals surface area contributed by atoms with Crippen LogP contribution in [-0.2, 0) is 0 Å². The molecule has 1 rings (SSSR count). The second kappa shape index (κ2) is 7.54. The molecule has 0 bridgehead atoms. The fourth-order valence-corrected chi connectivity index (χ4v) is 1.57. The van der Waals surface area contributed by atoms with E-state index in [9.17, 15) is 5.11 Å². The largest absolute Gasteiger partial charge is 0.492 e. The maximum atomic E-state index is 9.95. The summed E-state index contributed by atoms with van der Waals surface area (Å²) in [5, 5.41) is 9.95. The first-order valence-electron chi connectivity index (χ1n) is 5.75. The fraction of sp³-hybridized carbons (Fsp3) is 0.538. The molecule has 1 aromatic carbocycles. The Morgan fingerprint density at radius 2 is 1.94 bits per heavy atom. The van der Waals surface area contributed by atoms with Crippen molar-refractivity contribution in [1.82, 2.24) is 4.90 Å². The van der Waals surface area contributed by atoms with E-state index in [0.29, 0.717) is 12.5 Å². The van der Waals surface area contributed by atoms with Crippen LogP contribution < -0.4 is 4.74 Å². The summed E-state index contributed by atoms with van der Waals surface area (Å²) in [6.45, 7) is 1.37. The summed E-state index contributed by atoms with van der Waals surface area (Å²) < 4.78 is 5.37. The molecule has 0 aliphatic rings. The molecule has 0 heterocycles. The van der Waals surface area contributed by atoms with Gasteiger partial charge in [-0.05, 0) is 38.2 Å². The van der Waals surface area contributed by atoms with Gasteiger partial charge in [0.1, 0.15) is 12.4 Å². The van der Waals surface area contributed by atoms with Crippen LogP contribution in [0.15, 0.2) is 24.3 Å². The number of nitrogens with zero attached hydrogens (tertiary/aromatic N) is 1. The number of halogens is 1. The summed E-state index contributed by atoms with van der Waals surface area (Å²) in [6.07, 6.45) is 0.314. The summed E-state index contributed by atoms with van der Waals surface area (Å²) in [7, 11) is 3.99. The fourth-order valence-electron chi connectivity index (χ4n) is 1.49. The van der Waals surface area contributed by atoms with Gasteiger partial charge in [0.05, 0.1) is 12.0 Å². The molecule has 0 saturated heterocycles. The average molecular weight is 258 g/mol. The highest BCUT2D eigenvalue weighted by Gasteiger charge is 2.07. The molecule has 0 aliphatic heterocycles. The molecule has 1 unspecified atom stereocenters. The van der Waals surface area contributed by atoms with Crippen LogP contribution >= 0.6 is 11.6 Å². The van der Waals surface area contributed by atoms with Crippen molar-refractivity contribution in [3.63, 3.8) is 0 Å². The van der Waals surface area contributed by atoms with Crippen molar-refractivity contribution in [2.24, 2.45) is 0 Å². The van der Waals surface area contributed by atoms with Gasteiger partial charge < -0.3 is 14.7 Å². The van der Waals surface area contributed by atoms with E-state index >= 15 is 0 Å². The molecule has 0 fully saturated rings. The van der Waals surface area contributed by atoms with E-state index in [1.807, 2.05) is 38.4 Å². The number of hydrogen-bond donors (Lipinski definition) is 1. The normalized spacial score (nSPS) is 12.8. The molecule has 4 heteroatoms. The summed E-state index contributed by atoms with van der Waals surface area (Å²) in [5.74, 6) is 1.27. The van der Waals surface area contributed by atoms with Gasteiger partial charge in [-0.25, -0.2) is 0 Å². The van der Waals surface area contributed by atoms with Crippen molar-refractivity contribution >= 4 is 11.6 Å². The number of aliphatic hydroxyl groups excluding tert-OH is 1. The van der Waals surface area contributed by atoms with Gasteiger partial charge in [0.25, 0.3) is 0 Å². The molecular weight excluding hydrogens is 238 g/mol. The Morgan fingerprint density at radius 1 is 1.29 bits per heavy atom. The molecule has 0 radical (unpaired) electrons. The zero-order valence-corrected chi connectivity index (χ0v) is 11.2. The number of benzene rings is 1. The molecule has 0 amide bonds. The van der Waals surface area contributed by atoms with E-state index in [0.717, 1.165) is 24.3 Å². The van der Waals surface area contributed by atoms with Crippen molar-refractivity contribution in [1.29, 1.82) is 0 Å². The minimum Gasteiger partial charge on any atom is -0.492 e. The highest BCUT2D eigenvalue weighted by atomic mass is 35.5. The maximum Gasteiger partial charge on any atom is 0.119 e. The average Bonchev–Trinajstić information content (AvgIpc) is 2.34. The lowest BCUT2D eigenvalue weighted by atomic mass is 10.1. The topological polar surface area (TPSA) is 32.7 Å². The lowest BCUT2D eigenvalue weighted by molar-refractivity contribution is 0.154. The Hall–Kier alpha value is -0.770. The minimum absolute atomic E-state index is 0.417. The lowest BCUT2D eigenvalue weighted by Gasteiger charge is -2.15. The molecule has 1 atom stereocenters. The predicted octanol–water partition coefficient (Wildman–Crippen LogP) is 2.29. The lowest BCUT2D eigenvalue weighted by Crippen LogP contribution is -2.15. The van der Waals surface area contributed by atoms with Crippen LogP contribution in [0.5, 0.6) is 5.75 Å². The summed E-state index contributed by atoms with van der Waals surface area (Å²) in [5.41, 5.74) is 0.921. The van der Waals surface area contributed by atoms with Crippen molar-refractivity contribution < 1.29 is 9.84 Å². The third kappa shape index (κ3) is 5.39. The van der Waals surface area contributed by atoms with Crippen LogP contribution in [0.1, 0.15) is 18.1 Å². The predicted molar refractivity (Wildman–Crippen MR) is 70.8 cm³/mol. The molecule has 0 spiro atoms. The molecule has 0 aliphatic carbocycles. The minimum atomic E-state index is -0.417. The smallest absolute Gasteiger partial charge is 0.119 e. The number of hydrogen-bond acceptors (Lipinski definition) is 3. The molecular formula is C13H20ClNO2. The molecule has 1 N–H and O–H groups in total. The number of ether oxygens (including phenoxy) is 1. The molecule has 96 valence electrons. The van der Waals surface area contributed by atoms with Gasteiger partial charge in [-0.2, -0.15) is 0 Å². The first-order valence-corrected chi connectivity index (χ1v) is 6.28. The summed E-state index contributed by atoms with van der Waals surface area (Å²) in [4.78, 5) is 2.06. The molecule has 0 aromatic heterocycles. The quantitative estimate of drug-likeness (QED) is 0.761. The van der Waals surface area contributed by atoms with Gasteiger partial charge in [-0.15, -0.1) is 11.6 Å². The highest BCUT2D eigenvalue weighted by molar-refractivity contribution is 6.17. The van der Waals surface area contributed by atoms with E-state index in [-0.39, 0.29) is 0 Å². The Morgan fingerprint density at radius 3 is 2.47 bits per heavy atom. The molecule has 0 saturated carbocycles. The van der Waals surface area contributed by atoms with Gasteiger partial charge in [-0.3, -0.25) is 0 Å². The Kier molecular flexibility index (Phi) is 6.34. The highest BCUT2D eigenvalue weighted by Crippen LogP contribution is 2.20. The summed E-state index contributed by atoms with van der Waals surface area (Å²) >= 11 is 5.53. The monoisotopic (exact) mass is 257 g/mol. The first kappa shape index (κ1) is 14.3. The van der Waals surface area contributed by atoms with Crippen molar-refractivity contribution in [3.8, 4) is 5.75 Å². The number of alkyl halides is 1. The summed E-state index contributed by atoms with van der Waals surface area (Å²) in [6, 6.07) is 7.51. The maximum absolute atomic E-state index is 9.95. The van der Waals surface area contributed by atoms with Crippen LogP contribution in [-0.4, -0.2) is 43.1 Å². The molecule has 3 nitrogen and oxygen atoms in total.